The topological polar surface area (TPSA) is 114 Å². The number of hydrogen-bond acceptors (Lipinski definition) is 9. The van der Waals surface area contributed by atoms with E-state index in [1.165, 1.54) is 12.7 Å². The second-order valence-electron chi connectivity index (χ2n) is 9.92. The molecule has 11 nitrogen and oxygen atoms in total. The highest BCUT2D eigenvalue weighted by atomic mass is 16.5. The van der Waals surface area contributed by atoms with E-state index in [4.69, 9.17) is 9.72 Å². The van der Waals surface area contributed by atoms with E-state index < -0.39 is 0 Å². The Morgan fingerprint density at radius 1 is 1.07 bits per heavy atom. The van der Waals surface area contributed by atoms with Gasteiger partial charge in [0.25, 0.3) is 5.91 Å². The number of amides is 1. The third-order valence-electron chi connectivity index (χ3n) is 6.75. The van der Waals surface area contributed by atoms with E-state index in [0.29, 0.717) is 47.0 Å². The number of rotatable bonds is 8. The van der Waals surface area contributed by atoms with Crippen LogP contribution in [0.4, 0.5) is 17.3 Å². The van der Waals surface area contributed by atoms with Gasteiger partial charge in [0.05, 0.1) is 5.52 Å². The maximum atomic E-state index is 13.1. The number of carbonyl (C=O) groups excluding carboxylic acids is 1. The SMILES string of the molecule is Cc1cc(Nc2ncnc3ccc(N4CC/C(=C\CCN(C)C)C4=O)nc23)ccc1Oc1ccn2ncnc2c1. The van der Waals surface area contributed by atoms with Gasteiger partial charge in [0, 0.05) is 36.6 Å². The monoisotopic (exact) mass is 535 g/mol. The summed E-state index contributed by atoms with van der Waals surface area (Å²) in [7, 11) is 4.05. The van der Waals surface area contributed by atoms with E-state index in [9.17, 15) is 4.79 Å². The molecule has 5 aromatic rings. The highest BCUT2D eigenvalue weighted by Crippen LogP contribution is 2.31. The van der Waals surface area contributed by atoms with E-state index in [0.717, 1.165) is 35.5 Å². The quantitative estimate of drug-likeness (QED) is 0.286. The third kappa shape index (κ3) is 5.19. The minimum atomic E-state index is 0.00587. The minimum Gasteiger partial charge on any atom is -0.457 e. The molecule has 1 amide bonds. The lowest BCUT2D eigenvalue weighted by molar-refractivity contribution is -0.114. The largest absolute Gasteiger partial charge is 0.457 e. The standard InChI is InChI=1S/C29H29N9O2/c1-19-15-21(6-8-24(19)40-22-11-14-38-26(16-22)31-18-33-38)34-28-27-23(30-17-32-28)7-9-25(35-27)37-13-10-20(29(37)39)5-4-12-36(2)3/h5-9,11,14-18H,4,10,12-13H2,1-3H3,(H,30,32,34)/b20-5+. The lowest BCUT2D eigenvalue weighted by Crippen LogP contribution is -2.25. The van der Waals surface area contributed by atoms with Gasteiger partial charge in [0.1, 0.15) is 35.5 Å². The molecule has 1 fully saturated rings. The molecule has 1 N–H and O–H groups in total. The molecule has 5 heterocycles. The fourth-order valence-electron chi connectivity index (χ4n) is 4.66. The predicted octanol–water partition coefficient (Wildman–Crippen LogP) is 4.53. The number of carbonyl (C=O) groups is 1. The zero-order valence-electron chi connectivity index (χ0n) is 22.6. The Kier molecular flexibility index (Phi) is 6.79. The molecule has 0 saturated carbocycles. The highest BCUT2D eigenvalue weighted by molar-refractivity contribution is 6.08. The molecule has 0 radical (unpaired) electrons. The molecule has 0 bridgehead atoms. The Balaban J connectivity index is 1.21. The Labute approximate surface area is 231 Å². The van der Waals surface area contributed by atoms with Crippen LogP contribution in [0, 0.1) is 6.92 Å². The van der Waals surface area contributed by atoms with Crippen molar-refractivity contribution >= 4 is 39.9 Å². The summed E-state index contributed by atoms with van der Waals surface area (Å²) in [4.78, 5) is 34.8. The van der Waals surface area contributed by atoms with Crippen LogP contribution in [0.5, 0.6) is 11.5 Å². The van der Waals surface area contributed by atoms with Crippen LogP contribution in [0.25, 0.3) is 16.7 Å². The van der Waals surface area contributed by atoms with Crippen molar-refractivity contribution in [2.45, 2.75) is 19.8 Å². The zero-order valence-corrected chi connectivity index (χ0v) is 22.6. The van der Waals surface area contributed by atoms with Crippen molar-refractivity contribution in [3.63, 3.8) is 0 Å². The molecule has 40 heavy (non-hydrogen) atoms. The number of fused-ring (bicyclic) bond motifs is 2. The fraction of sp³-hybridized carbons (Fsp3) is 0.241. The molecule has 1 aliphatic heterocycles. The number of nitrogens with one attached hydrogen (secondary N) is 1. The van der Waals surface area contributed by atoms with Gasteiger partial charge in [-0.15, -0.1) is 0 Å². The molecule has 0 atom stereocenters. The third-order valence-corrected chi connectivity index (χ3v) is 6.75. The summed E-state index contributed by atoms with van der Waals surface area (Å²) >= 11 is 0. The Morgan fingerprint density at radius 3 is 2.83 bits per heavy atom. The summed E-state index contributed by atoms with van der Waals surface area (Å²) in [5, 5.41) is 7.48. The van der Waals surface area contributed by atoms with Crippen LogP contribution in [0.3, 0.4) is 0 Å². The minimum absolute atomic E-state index is 0.00587. The van der Waals surface area contributed by atoms with Crippen molar-refractivity contribution in [3.05, 3.63) is 78.5 Å². The molecule has 6 rings (SSSR count). The first-order valence-electron chi connectivity index (χ1n) is 13.1. The Hall–Kier alpha value is -4.90. The van der Waals surface area contributed by atoms with Crippen molar-refractivity contribution in [1.29, 1.82) is 0 Å². The van der Waals surface area contributed by atoms with Crippen LogP contribution in [0.2, 0.25) is 0 Å². The van der Waals surface area contributed by atoms with Crippen LogP contribution in [-0.4, -0.2) is 67.5 Å². The van der Waals surface area contributed by atoms with E-state index in [2.05, 4.69) is 30.3 Å². The summed E-state index contributed by atoms with van der Waals surface area (Å²) in [5.74, 6) is 2.56. The van der Waals surface area contributed by atoms with Gasteiger partial charge in [-0.1, -0.05) is 6.08 Å². The molecular weight excluding hydrogens is 506 g/mol. The maximum absolute atomic E-state index is 13.1. The second-order valence-corrected chi connectivity index (χ2v) is 9.92. The summed E-state index contributed by atoms with van der Waals surface area (Å²) in [6.45, 7) is 3.49. The van der Waals surface area contributed by atoms with Crippen LogP contribution >= 0.6 is 0 Å². The average molecular weight is 536 g/mol. The lowest BCUT2D eigenvalue weighted by atomic mass is 10.2. The van der Waals surface area contributed by atoms with Crippen molar-refractivity contribution < 1.29 is 9.53 Å². The molecule has 1 aromatic carbocycles. The number of ether oxygens (including phenoxy) is 1. The predicted molar refractivity (Wildman–Crippen MR) is 153 cm³/mol. The molecule has 202 valence electrons. The van der Waals surface area contributed by atoms with Gasteiger partial charge in [0.15, 0.2) is 11.5 Å². The zero-order chi connectivity index (χ0) is 27.6. The summed E-state index contributed by atoms with van der Waals surface area (Å²) in [6.07, 6.45) is 8.41. The van der Waals surface area contributed by atoms with Crippen LogP contribution in [-0.2, 0) is 4.79 Å². The number of pyridine rings is 2. The van der Waals surface area contributed by atoms with Crippen LogP contribution < -0.4 is 15.0 Å². The first-order valence-corrected chi connectivity index (χ1v) is 13.1. The number of anilines is 3. The number of benzene rings is 1. The van der Waals surface area contributed by atoms with Gasteiger partial charge in [-0.2, -0.15) is 5.10 Å². The van der Waals surface area contributed by atoms with Gasteiger partial charge in [0.2, 0.25) is 0 Å². The molecule has 1 aliphatic rings. The molecule has 0 unspecified atom stereocenters. The summed E-state index contributed by atoms with van der Waals surface area (Å²) in [5.41, 5.74) is 4.60. The molecule has 0 aliphatic carbocycles. The normalized spacial score (nSPS) is 14.7. The summed E-state index contributed by atoms with van der Waals surface area (Å²) < 4.78 is 7.78. The fourth-order valence-corrected chi connectivity index (χ4v) is 4.66. The molecule has 11 heteroatoms. The maximum Gasteiger partial charge on any atom is 0.255 e. The highest BCUT2D eigenvalue weighted by Gasteiger charge is 2.28. The number of hydrogen-bond donors (Lipinski definition) is 1. The molecule has 0 spiro atoms. The first kappa shape index (κ1) is 25.4. The Morgan fingerprint density at radius 2 is 1.98 bits per heavy atom. The van der Waals surface area contributed by atoms with E-state index in [1.807, 2.05) is 75.8 Å². The van der Waals surface area contributed by atoms with Gasteiger partial charge in [-0.05, 0) is 75.8 Å². The summed E-state index contributed by atoms with van der Waals surface area (Å²) in [6, 6.07) is 13.2. The van der Waals surface area contributed by atoms with Crippen LogP contribution in [0.15, 0.2) is 73.0 Å². The number of nitrogens with zero attached hydrogens (tertiary/aromatic N) is 8. The molecule has 4 aromatic heterocycles. The van der Waals surface area contributed by atoms with Crippen molar-refractivity contribution in [1.82, 2.24) is 34.4 Å². The van der Waals surface area contributed by atoms with E-state index >= 15 is 0 Å². The van der Waals surface area contributed by atoms with Gasteiger partial charge in [-0.3, -0.25) is 9.69 Å². The average Bonchev–Trinajstić information content (AvgIpc) is 3.56. The molecule has 1 saturated heterocycles. The van der Waals surface area contributed by atoms with Gasteiger partial charge >= 0.3 is 0 Å². The Bertz CT molecular complexity index is 1740. The van der Waals surface area contributed by atoms with Crippen LogP contribution in [0.1, 0.15) is 18.4 Å². The van der Waals surface area contributed by atoms with Gasteiger partial charge in [-0.25, -0.2) is 24.5 Å². The van der Waals surface area contributed by atoms with Crippen molar-refractivity contribution in [2.75, 3.05) is 37.4 Å². The smallest absolute Gasteiger partial charge is 0.255 e. The van der Waals surface area contributed by atoms with Crippen molar-refractivity contribution in [3.8, 4) is 11.5 Å². The lowest BCUT2D eigenvalue weighted by Gasteiger charge is -2.16. The second kappa shape index (κ2) is 10.7. The van der Waals surface area contributed by atoms with Gasteiger partial charge < -0.3 is 15.0 Å². The van der Waals surface area contributed by atoms with Crippen molar-refractivity contribution in [2.24, 2.45) is 0 Å². The van der Waals surface area contributed by atoms with E-state index in [-0.39, 0.29) is 5.91 Å². The molecular formula is C29H29N9O2. The first-order chi connectivity index (χ1) is 19.4. The number of aromatic nitrogens is 6. The number of aryl methyl sites for hydroxylation is 1. The van der Waals surface area contributed by atoms with E-state index in [1.54, 1.807) is 9.42 Å².